The zero-order chi connectivity index (χ0) is 8.39. The molecule has 1 aliphatic rings. The summed E-state index contributed by atoms with van der Waals surface area (Å²) < 4.78 is 0. The van der Waals surface area contributed by atoms with Crippen molar-refractivity contribution < 1.29 is 11.0 Å². The molecule has 0 aliphatic carbocycles. The third kappa shape index (κ3) is 2.75. The van der Waals surface area contributed by atoms with E-state index in [1.165, 1.54) is 37.1 Å². The van der Waals surface area contributed by atoms with Crippen LogP contribution in [-0.4, -0.2) is 31.9 Å². The Morgan fingerprint density at radius 2 is 1.71 bits per heavy atom. The second kappa shape index (κ2) is 5.68. The maximum absolute atomic E-state index is 2.47. The van der Waals surface area contributed by atoms with Gasteiger partial charge in [-0.15, -0.1) is 0 Å². The van der Waals surface area contributed by atoms with Crippen LogP contribution in [0.2, 0.25) is 0 Å². The van der Waals surface area contributed by atoms with E-state index in [0.717, 1.165) is 0 Å². The van der Waals surface area contributed by atoms with E-state index in [4.69, 9.17) is 0 Å². The fourth-order valence-corrected chi connectivity index (χ4v) is 1.80. The Kier molecular flexibility index (Phi) is 5.27. The molecule has 0 bridgehead atoms. The van der Waals surface area contributed by atoms with Crippen LogP contribution in [0.25, 0.3) is 0 Å². The van der Waals surface area contributed by atoms with Crippen molar-refractivity contribution in [2.45, 2.75) is 12.8 Å². The van der Waals surface area contributed by atoms with Gasteiger partial charge < -0.3 is 15.9 Å². The number of hydrogen-bond acceptors (Lipinski definition) is 1. The van der Waals surface area contributed by atoms with Gasteiger partial charge in [0, 0.05) is 18.8 Å². The molecule has 78 valence electrons. The van der Waals surface area contributed by atoms with Crippen LogP contribution in [0, 0.1) is 0 Å². The minimum atomic E-state index is 0. The molecule has 3 nitrogen and oxygen atoms in total. The molecule has 1 fully saturated rings. The van der Waals surface area contributed by atoms with E-state index < -0.39 is 0 Å². The third-order valence-corrected chi connectivity index (χ3v) is 2.47. The normalized spacial score (nSPS) is 14.4. The van der Waals surface area contributed by atoms with E-state index in [9.17, 15) is 0 Å². The van der Waals surface area contributed by atoms with Crippen LogP contribution < -0.4 is 10.4 Å². The molecule has 0 atom stereocenters. The summed E-state index contributed by atoms with van der Waals surface area (Å²) in [6.45, 7) is 2.48. The molecular formula is C10H18BNO2. The van der Waals surface area contributed by atoms with Gasteiger partial charge in [0.15, 0.2) is 0 Å². The Hall–Kier alpha value is -0.995. The standard InChI is InChI=1S/C10H14BN.2H2O/c11-9-4-3-5-10(8-9)12-6-1-2-7-12;;/h3-5,8H,1-2,6-7,11H2;2*1H2. The van der Waals surface area contributed by atoms with E-state index in [1.807, 2.05) is 0 Å². The van der Waals surface area contributed by atoms with Gasteiger partial charge in [0.1, 0.15) is 7.85 Å². The monoisotopic (exact) mass is 195 g/mol. The summed E-state index contributed by atoms with van der Waals surface area (Å²) in [6, 6.07) is 8.77. The van der Waals surface area contributed by atoms with Crippen molar-refractivity contribution in [3.8, 4) is 0 Å². The quantitative estimate of drug-likeness (QED) is 0.524. The number of anilines is 1. The zero-order valence-corrected chi connectivity index (χ0v) is 8.59. The predicted octanol–water partition coefficient (Wildman–Crippen LogP) is -1.10. The summed E-state index contributed by atoms with van der Waals surface area (Å²) >= 11 is 0. The Labute approximate surface area is 85.8 Å². The smallest absolute Gasteiger partial charge is 0.139 e. The molecule has 1 saturated heterocycles. The van der Waals surface area contributed by atoms with E-state index in [-0.39, 0.29) is 11.0 Å². The number of rotatable bonds is 1. The summed E-state index contributed by atoms with van der Waals surface area (Å²) in [5.74, 6) is 0. The second-order valence-corrected chi connectivity index (χ2v) is 3.53. The molecule has 4 heteroatoms. The Balaban J connectivity index is 0.000000845. The number of hydrogen-bond donors (Lipinski definition) is 0. The zero-order valence-electron chi connectivity index (χ0n) is 8.59. The minimum Gasteiger partial charge on any atom is -0.412 e. The molecule has 0 amide bonds. The molecule has 1 aromatic rings. The minimum absolute atomic E-state index is 0. The summed E-state index contributed by atoms with van der Waals surface area (Å²) in [6.07, 6.45) is 2.71. The predicted molar refractivity (Wildman–Crippen MR) is 63.3 cm³/mol. The lowest BCUT2D eigenvalue weighted by atomic mass is 9.96. The van der Waals surface area contributed by atoms with Crippen LogP contribution in [0.4, 0.5) is 5.69 Å². The lowest BCUT2D eigenvalue weighted by Gasteiger charge is -2.17. The first kappa shape index (κ1) is 13.0. The van der Waals surface area contributed by atoms with Crippen LogP contribution in [-0.2, 0) is 0 Å². The highest BCUT2D eigenvalue weighted by atomic mass is 16.0. The molecular weight excluding hydrogens is 177 g/mol. The van der Waals surface area contributed by atoms with Crippen molar-refractivity contribution in [3.63, 3.8) is 0 Å². The average Bonchev–Trinajstić information content (AvgIpc) is 2.56. The van der Waals surface area contributed by atoms with Crippen molar-refractivity contribution in [1.82, 2.24) is 0 Å². The SMILES string of the molecule is Bc1cccc(N2CCCC2)c1.O.O. The first-order chi connectivity index (χ1) is 5.86. The van der Waals surface area contributed by atoms with Crippen LogP contribution in [0.1, 0.15) is 12.8 Å². The molecule has 0 radical (unpaired) electrons. The van der Waals surface area contributed by atoms with Gasteiger partial charge in [-0.1, -0.05) is 17.6 Å². The molecule has 0 aromatic heterocycles. The molecule has 0 saturated carbocycles. The van der Waals surface area contributed by atoms with Gasteiger partial charge >= 0.3 is 0 Å². The lowest BCUT2D eigenvalue weighted by molar-refractivity contribution is 0.823. The summed E-state index contributed by atoms with van der Waals surface area (Å²) in [7, 11) is 2.15. The van der Waals surface area contributed by atoms with Crippen molar-refractivity contribution in [2.24, 2.45) is 0 Å². The Morgan fingerprint density at radius 1 is 1.07 bits per heavy atom. The first-order valence-electron chi connectivity index (χ1n) is 4.68. The van der Waals surface area contributed by atoms with Crippen LogP contribution in [0.3, 0.4) is 0 Å². The van der Waals surface area contributed by atoms with Crippen molar-refractivity contribution in [2.75, 3.05) is 18.0 Å². The van der Waals surface area contributed by atoms with Crippen molar-refractivity contribution >= 4 is 19.0 Å². The van der Waals surface area contributed by atoms with Crippen molar-refractivity contribution in [3.05, 3.63) is 24.3 Å². The second-order valence-electron chi connectivity index (χ2n) is 3.53. The van der Waals surface area contributed by atoms with Crippen LogP contribution >= 0.6 is 0 Å². The Bertz CT molecular complexity index is 275. The number of benzene rings is 1. The van der Waals surface area contributed by atoms with Gasteiger partial charge in [-0.2, -0.15) is 0 Å². The average molecular weight is 195 g/mol. The van der Waals surface area contributed by atoms with Crippen molar-refractivity contribution in [1.29, 1.82) is 0 Å². The van der Waals surface area contributed by atoms with Crippen LogP contribution in [0.15, 0.2) is 24.3 Å². The molecule has 1 aliphatic heterocycles. The molecule has 2 rings (SSSR count). The van der Waals surface area contributed by atoms with E-state index >= 15 is 0 Å². The fourth-order valence-electron chi connectivity index (χ4n) is 1.80. The molecule has 4 N–H and O–H groups in total. The maximum atomic E-state index is 2.47. The highest BCUT2D eigenvalue weighted by Crippen LogP contribution is 2.17. The molecule has 0 unspecified atom stereocenters. The molecule has 0 spiro atoms. The summed E-state index contributed by atoms with van der Waals surface area (Å²) in [4.78, 5) is 2.47. The highest BCUT2D eigenvalue weighted by Gasteiger charge is 2.11. The van der Waals surface area contributed by atoms with Gasteiger partial charge in [-0.05, 0) is 25.0 Å². The van der Waals surface area contributed by atoms with Gasteiger partial charge in [-0.3, -0.25) is 0 Å². The van der Waals surface area contributed by atoms with Gasteiger partial charge in [0.25, 0.3) is 0 Å². The van der Waals surface area contributed by atoms with E-state index in [1.54, 1.807) is 0 Å². The number of nitrogens with zero attached hydrogens (tertiary/aromatic N) is 1. The van der Waals surface area contributed by atoms with E-state index in [2.05, 4.69) is 37.0 Å². The fraction of sp³-hybridized carbons (Fsp3) is 0.400. The van der Waals surface area contributed by atoms with Gasteiger partial charge in [0.2, 0.25) is 0 Å². The van der Waals surface area contributed by atoms with E-state index in [0.29, 0.717) is 0 Å². The molecule has 1 heterocycles. The van der Waals surface area contributed by atoms with Crippen LogP contribution in [0.5, 0.6) is 0 Å². The third-order valence-electron chi connectivity index (χ3n) is 2.47. The van der Waals surface area contributed by atoms with Gasteiger partial charge in [0.05, 0.1) is 0 Å². The highest BCUT2D eigenvalue weighted by molar-refractivity contribution is 6.32. The summed E-state index contributed by atoms with van der Waals surface area (Å²) in [5.41, 5.74) is 2.76. The maximum Gasteiger partial charge on any atom is 0.139 e. The Morgan fingerprint density at radius 3 is 2.29 bits per heavy atom. The van der Waals surface area contributed by atoms with Gasteiger partial charge in [-0.25, -0.2) is 0 Å². The first-order valence-corrected chi connectivity index (χ1v) is 4.68. The summed E-state index contributed by atoms with van der Waals surface area (Å²) in [5, 5.41) is 0. The topological polar surface area (TPSA) is 66.2 Å². The lowest BCUT2D eigenvalue weighted by Crippen LogP contribution is -2.19. The largest absolute Gasteiger partial charge is 0.412 e. The molecule has 1 aromatic carbocycles. The molecule has 14 heavy (non-hydrogen) atoms.